The van der Waals surface area contributed by atoms with Gasteiger partial charge in [-0.05, 0) is 88.1 Å². The van der Waals surface area contributed by atoms with E-state index in [-0.39, 0.29) is 10.1 Å². The molecule has 0 unspecified atom stereocenters. The third-order valence-corrected chi connectivity index (χ3v) is 12.1. The normalized spacial score (nSPS) is 18.5. The van der Waals surface area contributed by atoms with Crippen LogP contribution in [0.2, 0.25) is 0 Å². The molecule has 0 bridgehead atoms. The molecule has 1 saturated carbocycles. The van der Waals surface area contributed by atoms with Crippen molar-refractivity contribution in [2.24, 2.45) is 0 Å². The molecule has 1 saturated heterocycles. The van der Waals surface area contributed by atoms with E-state index in [0.717, 1.165) is 90.0 Å². The van der Waals surface area contributed by atoms with Crippen LogP contribution in [0, 0.1) is 6.92 Å². The lowest BCUT2D eigenvalue weighted by molar-refractivity contribution is -0.125. The van der Waals surface area contributed by atoms with Gasteiger partial charge in [-0.1, -0.05) is 12.5 Å². The van der Waals surface area contributed by atoms with E-state index >= 15 is 0 Å². The number of nitrogens with one attached hydrogen (secondary N) is 1. The van der Waals surface area contributed by atoms with Crippen LogP contribution in [-0.2, 0) is 20.2 Å². The third kappa shape index (κ3) is 4.58. The summed E-state index contributed by atoms with van der Waals surface area (Å²) >= 11 is 0.963. The summed E-state index contributed by atoms with van der Waals surface area (Å²) in [5.74, 6) is 0.766. The molecule has 224 valence electrons. The number of hydrogen-bond donors (Lipinski definition) is 1. The van der Waals surface area contributed by atoms with Gasteiger partial charge in [-0.15, -0.1) is 0 Å². The molecule has 2 aliphatic heterocycles. The van der Waals surface area contributed by atoms with Gasteiger partial charge in [-0.25, -0.2) is 13.4 Å². The number of rotatable bonds is 6. The first-order chi connectivity index (χ1) is 20.6. The summed E-state index contributed by atoms with van der Waals surface area (Å²) in [5.41, 5.74) is 5.07. The molecule has 10 nitrogen and oxygen atoms in total. The standard InChI is InChI=1S/C31H35N7O3S2/c1-19-14-27(42-34-19)43(40,41)35-25-16-21(17-33-29(25)38-12-8-22(9-13-38)36(2)3)20-6-7-24-23(15-20)28-26(18-32-24)37(4)30(39)31(28)10-5-11-31/h6-7,14-18,22,35H,5,8-13H2,1-4H3. The molecule has 3 aliphatic rings. The highest BCUT2D eigenvalue weighted by molar-refractivity contribution is 7.94. The highest BCUT2D eigenvalue weighted by Gasteiger charge is 2.54. The van der Waals surface area contributed by atoms with Gasteiger partial charge in [-0.2, -0.15) is 4.37 Å². The number of nitrogens with zero attached hydrogens (tertiary/aromatic N) is 6. The van der Waals surface area contributed by atoms with Crippen molar-refractivity contribution in [1.82, 2.24) is 19.2 Å². The van der Waals surface area contributed by atoms with Gasteiger partial charge in [0.25, 0.3) is 10.0 Å². The molecule has 5 heterocycles. The Hall–Kier alpha value is -3.61. The average molecular weight is 618 g/mol. The Morgan fingerprint density at radius 1 is 1.05 bits per heavy atom. The molecule has 1 spiro atoms. The molecule has 1 aliphatic carbocycles. The van der Waals surface area contributed by atoms with Crippen LogP contribution >= 0.6 is 11.5 Å². The van der Waals surface area contributed by atoms with E-state index in [4.69, 9.17) is 4.98 Å². The molecule has 1 aromatic carbocycles. The van der Waals surface area contributed by atoms with Gasteiger partial charge in [0.2, 0.25) is 5.91 Å². The fourth-order valence-corrected chi connectivity index (χ4v) is 8.85. The number of amides is 1. The number of aromatic nitrogens is 3. The second kappa shape index (κ2) is 10.2. The van der Waals surface area contributed by atoms with E-state index in [9.17, 15) is 13.2 Å². The van der Waals surface area contributed by atoms with Gasteiger partial charge in [0.15, 0.2) is 10.0 Å². The van der Waals surface area contributed by atoms with Crippen LogP contribution < -0.4 is 14.5 Å². The molecular weight excluding hydrogens is 583 g/mol. The summed E-state index contributed by atoms with van der Waals surface area (Å²) in [5, 5.41) is 0.963. The summed E-state index contributed by atoms with van der Waals surface area (Å²) in [4.78, 5) is 29.0. The molecule has 0 radical (unpaired) electrons. The highest BCUT2D eigenvalue weighted by atomic mass is 32.2. The van der Waals surface area contributed by atoms with Gasteiger partial charge in [-0.3, -0.25) is 14.5 Å². The quantitative estimate of drug-likeness (QED) is 0.329. The number of anilines is 3. The van der Waals surface area contributed by atoms with Crippen LogP contribution in [0.15, 0.2) is 46.9 Å². The van der Waals surface area contributed by atoms with Crippen molar-refractivity contribution in [3.05, 3.63) is 54.0 Å². The van der Waals surface area contributed by atoms with E-state index in [1.54, 1.807) is 17.9 Å². The maximum Gasteiger partial charge on any atom is 0.273 e. The minimum Gasteiger partial charge on any atom is -0.355 e. The average Bonchev–Trinajstić information content (AvgIpc) is 3.52. The lowest BCUT2D eigenvalue weighted by Gasteiger charge is -2.37. The lowest BCUT2D eigenvalue weighted by Crippen LogP contribution is -2.43. The Morgan fingerprint density at radius 3 is 2.47 bits per heavy atom. The number of sulfonamides is 1. The van der Waals surface area contributed by atoms with E-state index in [2.05, 4.69) is 44.0 Å². The molecule has 3 aromatic heterocycles. The summed E-state index contributed by atoms with van der Waals surface area (Å²) in [6, 6.07) is 9.98. The highest BCUT2D eigenvalue weighted by Crippen LogP contribution is 2.55. The van der Waals surface area contributed by atoms with E-state index in [0.29, 0.717) is 23.2 Å². The number of likely N-dealkylation sites (N-methyl/N-ethyl adjacent to an activating group) is 1. The summed E-state index contributed by atoms with van der Waals surface area (Å²) in [7, 11) is 2.16. The number of fused-ring (bicyclic) bond motifs is 4. The van der Waals surface area contributed by atoms with Crippen molar-refractivity contribution in [3.63, 3.8) is 0 Å². The van der Waals surface area contributed by atoms with Gasteiger partial charge in [0.1, 0.15) is 0 Å². The molecule has 7 rings (SSSR count). The number of pyridine rings is 2. The van der Waals surface area contributed by atoms with Crippen LogP contribution in [0.1, 0.15) is 43.4 Å². The smallest absolute Gasteiger partial charge is 0.273 e. The summed E-state index contributed by atoms with van der Waals surface area (Å²) < 4.78 is 34.1. The Labute approximate surface area is 256 Å². The molecular formula is C31H35N7O3S2. The molecule has 0 atom stereocenters. The largest absolute Gasteiger partial charge is 0.355 e. The fourth-order valence-electron chi connectivity index (χ4n) is 6.85. The Balaban J connectivity index is 1.31. The van der Waals surface area contributed by atoms with Crippen LogP contribution in [0.25, 0.3) is 22.0 Å². The molecule has 1 amide bonds. The van der Waals surface area contributed by atoms with Crippen LogP contribution in [-0.4, -0.2) is 73.8 Å². The van der Waals surface area contributed by atoms with Crippen molar-refractivity contribution in [2.75, 3.05) is 48.8 Å². The predicted molar refractivity (Wildman–Crippen MR) is 170 cm³/mol. The first kappa shape index (κ1) is 28.2. The van der Waals surface area contributed by atoms with Gasteiger partial charge < -0.3 is 14.7 Å². The third-order valence-electron chi connectivity index (χ3n) is 9.42. The number of carbonyl (C=O) groups is 1. The first-order valence-corrected chi connectivity index (χ1v) is 16.9. The molecule has 4 aromatic rings. The van der Waals surface area contributed by atoms with Crippen LogP contribution in [0.3, 0.4) is 0 Å². The van der Waals surface area contributed by atoms with E-state index in [1.807, 2.05) is 37.6 Å². The maximum atomic E-state index is 13.5. The second-order valence-corrected chi connectivity index (χ2v) is 14.9. The minimum absolute atomic E-state index is 0.146. The fraction of sp³-hybridized carbons (Fsp3) is 0.419. The van der Waals surface area contributed by atoms with Crippen molar-refractivity contribution in [1.29, 1.82) is 0 Å². The van der Waals surface area contributed by atoms with Crippen LogP contribution in [0.4, 0.5) is 17.2 Å². The zero-order chi connectivity index (χ0) is 30.1. The molecule has 43 heavy (non-hydrogen) atoms. The molecule has 1 N–H and O–H groups in total. The minimum atomic E-state index is -3.86. The number of aryl methyl sites for hydroxylation is 1. The lowest BCUT2D eigenvalue weighted by atomic mass is 9.64. The Morgan fingerprint density at radius 2 is 1.81 bits per heavy atom. The zero-order valence-electron chi connectivity index (χ0n) is 24.8. The first-order valence-electron chi connectivity index (χ1n) is 14.7. The Bertz CT molecular complexity index is 1860. The second-order valence-electron chi connectivity index (χ2n) is 12.2. The van der Waals surface area contributed by atoms with Crippen molar-refractivity contribution >= 4 is 55.6 Å². The van der Waals surface area contributed by atoms with Crippen LogP contribution in [0.5, 0.6) is 0 Å². The van der Waals surface area contributed by atoms with E-state index in [1.165, 1.54) is 0 Å². The molecule has 12 heteroatoms. The predicted octanol–water partition coefficient (Wildman–Crippen LogP) is 4.79. The van der Waals surface area contributed by atoms with Gasteiger partial charge in [0.05, 0.1) is 34.2 Å². The van der Waals surface area contributed by atoms with Crippen molar-refractivity contribution in [2.45, 2.75) is 54.7 Å². The number of hydrogen-bond acceptors (Lipinski definition) is 9. The van der Waals surface area contributed by atoms with Crippen molar-refractivity contribution < 1.29 is 13.2 Å². The maximum absolute atomic E-state index is 13.5. The zero-order valence-corrected chi connectivity index (χ0v) is 26.4. The summed E-state index contributed by atoms with van der Waals surface area (Å²) in [6.45, 7) is 3.34. The van der Waals surface area contributed by atoms with E-state index < -0.39 is 15.4 Å². The topological polar surface area (TPSA) is 112 Å². The monoisotopic (exact) mass is 617 g/mol. The summed E-state index contributed by atoms with van der Waals surface area (Å²) in [6.07, 6.45) is 8.28. The number of carbonyl (C=O) groups excluding carboxylic acids is 1. The number of benzene rings is 1. The van der Waals surface area contributed by atoms with Gasteiger partial charge in [0, 0.05) is 48.9 Å². The molecule has 2 fully saturated rings. The SMILES string of the molecule is Cc1cc(S(=O)(=O)Nc2cc(-c3ccc4ncc5c(c4c3)C3(CCC3)C(=O)N5C)cnc2N2CCC(N(C)C)CC2)sn1. The number of piperidine rings is 1. The Kier molecular flexibility index (Phi) is 6.71. The van der Waals surface area contributed by atoms with Crippen molar-refractivity contribution in [3.8, 4) is 11.1 Å². The van der Waals surface area contributed by atoms with Gasteiger partial charge >= 0.3 is 0 Å².